The third kappa shape index (κ3) is 3.09. The number of hydrogen-bond acceptors (Lipinski definition) is 3. The van der Waals surface area contributed by atoms with Gasteiger partial charge in [-0.25, -0.2) is 4.98 Å². The third-order valence-electron chi connectivity index (χ3n) is 3.49. The molecule has 0 fully saturated rings. The van der Waals surface area contributed by atoms with Crippen molar-refractivity contribution in [3.05, 3.63) is 42.6 Å². The van der Waals surface area contributed by atoms with E-state index >= 15 is 0 Å². The third-order valence-corrected chi connectivity index (χ3v) is 3.49. The average molecular weight is 290 g/mol. The Morgan fingerprint density at radius 2 is 2.09 bits per heavy atom. The fourth-order valence-electron chi connectivity index (χ4n) is 2.40. The van der Waals surface area contributed by atoms with E-state index in [4.69, 9.17) is 6.42 Å². The lowest BCUT2D eigenvalue weighted by Gasteiger charge is -2.01. The molecule has 0 amide bonds. The van der Waals surface area contributed by atoms with Crippen molar-refractivity contribution < 1.29 is 0 Å². The van der Waals surface area contributed by atoms with Gasteiger partial charge in [-0.15, -0.1) is 12.3 Å². The highest BCUT2D eigenvalue weighted by molar-refractivity contribution is 5.92. The van der Waals surface area contributed by atoms with Gasteiger partial charge in [0, 0.05) is 24.7 Å². The summed E-state index contributed by atoms with van der Waals surface area (Å²) in [5, 5.41) is 3.32. The Hall–Kier alpha value is -2.80. The fraction of sp³-hybridized carbons (Fsp3) is 0.222. The molecule has 22 heavy (non-hydrogen) atoms. The Bertz CT molecular complexity index is 784. The number of nitrogens with zero attached hydrogens (tertiary/aromatic N) is 2. The Morgan fingerprint density at radius 1 is 1.14 bits per heavy atom. The van der Waals surface area contributed by atoms with E-state index in [2.05, 4.69) is 26.2 Å². The quantitative estimate of drug-likeness (QED) is 0.535. The summed E-state index contributed by atoms with van der Waals surface area (Å²) < 4.78 is 0. The fourth-order valence-corrected chi connectivity index (χ4v) is 2.40. The van der Waals surface area contributed by atoms with Crippen LogP contribution in [0.15, 0.2) is 42.6 Å². The summed E-state index contributed by atoms with van der Waals surface area (Å²) in [5.74, 6) is 3.45. The van der Waals surface area contributed by atoms with Gasteiger partial charge >= 0.3 is 0 Å². The van der Waals surface area contributed by atoms with E-state index in [1.165, 1.54) is 0 Å². The maximum atomic E-state index is 5.25. The van der Waals surface area contributed by atoms with Gasteiger partial charge in [0.2, 0.25) is 5.95 Å². The Balaban J connectivity index is 1.80. The molecule has 2 heterocycles. The van der Waals surface area contributed by atoms with Crippen molar-refractivity contribution in [2.75, 3.05) is 11.9 Å². The molecule has 4 heteroatoms. The zero-order chi connectivity index (χ0) is 15.2. The van der Waals surface area contributed by atoms with E-state index in [0.717, 1.165) is 54.0 Å². The van der Waals surface area contributed by atoms with Crippen LogP contribution in [0.25, 0.3) is 22.3 Å². The minimum absolute atomic E-state index is 0.791. The van der Waals surface area contributed by atoms with Crippen LogP contribution in [0.2, 0.25) is 0 Å². The maximum absolute atomic E-state index is 5.25. The van der Waals surface area contributed by atoms with Crippen molar-refractivity contribution in [3.8, 4) is 23.6 Å². The molecule has 4 nitrogen and oxygen atoms in total. The lowest BCUT2D eigenvalue weighted by Crippen LogP contribution is -2.02. The number of benzene rings is 1. The van der Waals surface area contributed by atoms with Gasteiger partial charge in [0.25, 0.3) is 0 Å². The largest absolute Gasteiger partial charge is 0.356 e. The molecule has 0 aliphatic heterocycles. The van der Waals surface area contributed by atoms with Crippen LogP contribution in [-0.2, 0) is 0 Å². The van der Waals surface area contributed by atoms with Gasteiger partial charge in [-0.2, -0.15) is 0 Å². The van der Waals surface area contributed by atoms with E-state index in [1.54, 1.807) is 6.20 Å². The molecule has 0 atom stereocenters. The highest BCUT2D eigenvalue weighted by atomic mass is 15.1. The minimum atomic E-state index is 0.791. The van der Waals surface area contributed by atoms with Crippen molar-refractivity contribution in [1.29, 1.82) is 0 Å². The Morgan fingerprint density at radius 3 is 2.91 bits per heavy atom. The summed E-state index contributed by atoms with van der Waals surface area (Å²) in [6.45, 7) is 0.862. The van der Waals surface area contributed by atoms with E-state index < -0.39 is 0 Å². The number of para-hydroxylation sites is 1. The van der Waals surface area contributed by atoms with Crippen LogP contribution in [-0.4, -0.2) is 21.5 Å². The van der Waals surface area contributed by atoms with Crippen molar-refractivity contribution in [1.82, 2.24) is 15.0 Å². The van der Waals surface area contributed by atoms with Gasteiger partial charge in [0.1, 0.15) is 0 Å². The zero-order valence-electron chi connectivity index (χ0n) is 12.3. The first-order valence-corrected chi connectivity index (χ1v) is 7.46. The number of terminal acetylenes is 1. The topological polar surface area (TPSA) is 53.6 Å². The van der Waals surface area contributed by atoms with Gasteiger partial charge in [-0.1, -0.05) is 18.2 Å². The molecule has 0 spiro atoms. The van der Waals surface area contributed by atoms with Crippen molar-refractivity contribution in [2.45, 2.75) is 19.3 Å². The smallest absolute Gasteiger partial charge is 0.201 e. The standard InChI is InChI=1S/C18H18N4/c1-2-3-4-6-13-20-18-21-16-11-8-9-14(17(16)22-18)15-10-5-7-12-19-15/h1,5,7-12H,3-4,6,13H2,(H2,20,21,22). The minimum Gasteiger partial charge on any atom is -0.356 e. The highest BCUT2D eigenvalue weighted by Crippen LogP contribution is 2.26. The number of aromatic amines is 1. The van der Waals surface area contributed by atoms with Crippen molar-refractivity contribution >= 4 is 17.0 Å². The van der Waals surface area contributed by atoms with E-state index in [9.17, 15) is 0 Å². The van der Waals surface area contributed by atoms with Crippen LogP contribution in [0, 0.1) is 12.3 Å². The number of rotatable bonds is 6. The van der Waals surface area contributed by atoms with Crippen LogP contribution < -0.4 is 5.32 Å². The van der Waals surface area contributed by atoms with Gasteiger partial charge in [0.15, 0.2) is 0 Å². The van der Waals surface area contributed by atoms with Gasteiger partial charge in [-0.05, 0) is 31.0 Å². The average Bonchev–Trinajstić information content (AvgIpc) is 2.98. The predicted octanol–water partition coefficient (Wildman–Crippen LogP) is 3.84. The van der Waals surface area contributed by atoms with E-state index in [0.29, 0.717) is 0 Å². The number of pyridine rings is 1. The summed E-state index contributed by atoms with van der Waals surface area (Å²) in [6, 6.07) is 12.0. The van der Waals surface area contributed by atoms with Gasteiger partial charge in [0.05, 0.1) is 16.7 Å². The van der Waals surface area contributed by atoms with Crippen molar-refractivity contribution in [3.63, 3.8) is 0 Å². The van der Waals surface area contributed by atoms with Crippen LogP contribution in [0.1, 0.15) is 19.3 Å². The summed E-state index contributed by atoms with van der Waals surface area (Å²) >= 11 is 0. The molecule has 0 saturated carbocycles. The molecular weight excluding hydrogens is 272 g/mol. The number of fused-ring (bicyclic) bond motifs is 1. The Kier molecular flexibility index (Phi) is 4.35. The molecule has 3 rings (SSSR count). The zero-order valence-corrected chi connectivity index (χ0v) is 12.3. The van der Waals surface area contributed by atoms with Gasteiger partial charge in [-0.3, -0.25) is 4.98 Å². The molecule has 0 saturated heterocycles. The number of hydrogen-bond donors (Lipinski definition) is 2. The first-order chi connectivity index (χ1) is 10.9. The lowest BCUT2D eigenvalue weighted by molar-refractivity contribution is 0.786. The number of imidazole rings is 1. The SMILES string of the molecule is C#CCCCCNc1nc2c(-c3ccccn3)cccc2[nH]1. The number of anilines is 1. The predicted molar refractivity (Wildman–Crippen MR) is 90.5 cm³/mol. The summed E-state index contributed by atoms with van der Waals surface area (Å²) in [7, 11) is 0. The summed E-state index contributed by atoms with van der Waals surface area (Å²) in [6.07, 6.45) is 9.94. The second-order valence-electron chi connectivity index (χ2n) is 5.09. The molecule has 2 aromatic heterocycles. The van der Waals surface area contributed by atoms with E-state index in [1.807, 2.05) is 36.4 Å². The van der Waals surface area contributed by atoms with Crippen molar-refractivity contribution in [2.24, 2.45) is 0 Å². The highest BCUT2D eigenvalue weighted by Gasteiger charge is 2.09. The number of unbranched alkanes of at least 4 members (excludes halogenated alkanes) is 2. The van der Waals surface area contributed by atoms with Crippen LogP contribution >= 0.6 is 0 Å². The van der Waals surface area contributed by atoms with Gasteiger partial charge < -0.3 is 10.3 Å². The molecule has 3 aromatic rings. The summed E-state index contributed by atoms with van der Waals surface area (Å²) in [4.78, 5) is 12.4. The Labute approximate surface area is 130 Å². The molecule has 1 aromatic carbocycles. The first-order valence-electron chi connectivity index (χ1n) is 7.46. The van der Waals surface area contributed by atoms with E-state index in [-0.39, 0.29) is 0 Å². The molecule has 0 unspecified atom stereocenters. The molecule has 110 valence electrons. The number of H-pyrrole nitrogens is 1. The molecule has 0 radical (unpaired) electrons. The normalized spacial score (nSPS) is 10.5. The second kappa shape index (κ2) is 6.77. The maximum Gasteiger partial charge on any atom is 0.201 e. The summed E-state index contributed by atoms with van der Waals surface area (Å²) in [5.41, 5.74) is 3.91. The molecule has 0 bridgehead atoms. The molecule has 0 aliphatic carbocycles. The molecule has 2 N–H and O–H groups in total. The monoisotopic (exact) mass is 290 g/mol. The molecular formula is C18H18N4. The molecule has 0 aliphatic rings. The van der Waals surface area contributed by atoms with Crippen LogP contribution in [0.3, 0.4) is 0 Å². The van der Waals surface area contributed by atoms with Crippen LogP contribution in [0.4, 0.5) is 5.95 Å². The first kappa shape index (κ1) is 14.2. The number of nitrogens with one attached hydrogen (secondary N) is 2. The lowest BCUT2D eigenvalue weighted by atomic mass is 10.1. The second-order valence-corrected chi connectivity index (χ2v) is 5.09. The van der Waals surface area contributed by atoms with Crippen LogP contribution in [0.5, 0.6) is 0 Å². The number of aromatic nitrogens is 3.